The second-order valence-corrected chi connectivity index (χ2v) is 5.98. The fraction of sp³-hybridized carbons (Fsp3) is 0.238. The third-order valence-electron chi connectivity index (χ3n) is 4.19. The standard InChI is InChI=1S/C21H19NO3/c1-4-25-21(24)18-14(2)12-17-19(18)16(13-22(3)20(17)23)11-10-15-8-6-5-7-9-15/h5-9,13H,4,12H2,1-3H3. The first kappa shape index (κ1) is 16.8. The van der Waals surface area contributed by atoms with Crippen LogP contribution in [-0.2, 0) is 23.0 Å². The lowest BCUT2D eigenvalue weighted by Gasteiger charge is -2.10. The number of esters is 1. The van der Waals surface area contributed by atoms with Crippen LogP contribution in [-0.4, -0.2) is 17.1 Å². The molecule has 2 aromatic rings. The highest BCUT2D eigenvalue weighted by Crippen LogP contribution is 2.34. The zero-order valence-electron chi connectivity index (χ0n) is 14.6. The topological polar surface area (TPSA) is 48.3 Å². The summed E-state index contributed by atoms with van der Waals surface area (Å²) in [4.78, 5) is 24.9. The summed E-state index contributed by atoms with van der Waals surface area (Å²) in [5.41, 5.74) is 4.01. The molecule has 0 saturated carbocycles. The highest BCUT2D eigenvalue weighted by Gasteiger charge is 2.30. The van der Waals surface area contributed by atoms with E-state index in [4.69, 9.17) is 4.74 Å². The number of nitrogens with zero attached hydrogens (tertiary/aromatic N) is 1. The smallest absolute Gasteiger partial charge is 0.338 e. The van der Waals surface area contributed by atoms with Crippen molar-refractivity contribution in [3.63, 3.8) is 0 Å². The predicted molar refractivity (Wildman–Crippen MR) is 97.0 cm³/mol. The summed E-state index contributed by atoms with van der Waals surface area (Å²) in [6, 6.07) is 9.61. The largest absolute Gasteiger partial charge is 0.462 e. The van der Waals surface area contributed by atoms with Crippen LogP contribution in [0.2, 0.25) is 0 Å². The van der Waals surface area contributed by atoms with E-state index in [0.29, 0.717) is 35.3 Å². The van der Waals surface area contributed by atoms with Crippen LogP contribution < -0.4 is 5.56 Å². The van der Waals surface area contributed by atoms with Crippen molar-refractivity contribution in [1.82, 2.24) is 4.57 Å². The first-order chi connectivity index (χ1) is 12.0. The molecule has 25 heavy (non-hydrogen) atoms. The fourth-order valence-corrected chi connectivity index (χ4v) is 3.05. The number of aromatic nitrogens is 1. The molecular weight excluding hydrogens is 314 g/mol. The van der Waals surface area contributed by atoms with Crippen molar-refractivity contribution < 1.29 is 9.53 Å². The third-order valence-corrected chi connectivity index (χ3v) is 4.19. The summed E-state index contributed by atoms with van der Waals surface area (Å²) >= 11 is 0. The van der Waals surface area contributed by atoms with Gasteiger partial charge in [-0.1, -0.05) is 35.6 Å². The van der Waals surface area contributed by atoms with Gasteiger partial charge < -0.3 is 9.30 Å². The second-order valence-electron chi connectivity index (χ2n) is 5.98. The molecule has 1 aromatic heterocycles. The van der Waals surface area contributed by atoms with E-state index < -0.39 is 5.97 Å². The molecule has 0 aliphatic heterocycles. The van der Waals surface area contributed by atoms with Gasteiger partial charge in [0.25, 0.3) is 5.56 Å². The predicted octanol–water partition coefficient (Wildman–Crippen LogP) is 2.68. The maximum Gasteiger partial charge on any atom is 0.338 e. The quantitative estimate of drug-likeness (QED) is 0.627. The summed E-state index contributed by atoms with van der Waals surface area (Å²) in [6.07, 6.45) is 2.14. The highest BCUT2D eigenvalue weighted by molar-refractivity contribution is 6.19. The molecule has 4 nitrogen and oxygen atoms in total. The third kappa shape index (κ3) is 3.14. The Balaban J connectivity index is 2.18. The Bertz CT molecular complexity index is 986. The van der Waals surface area contributed by atoms with E-state index in [-0.39, 0.29) is 5.56 Å². The number of pyridine rings is 1. The lowest BCUT2D eigenvalue weighted by atomic mass is 10.0. The first-order valence-electron chi connectivity index (χ1n) is 8.19. The molecule has 0 N–H and O–H groups in total. The maximum absolute atomic E-state index is 12.5. The molecule has 0 radical (unpaired) electrons. The molecule has 3 rings (SSSR count). The van der Waals surface area contributed by atoms with Gasteiger partial charge in [0.1, 0.15) is 0 Å². The van der Waals surface area contributed by atoms with E-state index in [2.05, 4.69) is 11.8 Å². The number of rotatable bonds is 2. The number of benzene rings is 1. The Labute approximate surface area is 146 Å². The molecule has 126 valence electrons. The van der Waals surface area contributed by atoms with Crippen molar-refractivity contribution in [1.29, 1.82) is 0 Å². The zero-order valence-corrected chi connectivity index (χ0v) is 14.6. The minimum atomic E-state index is -0.394. The highest BCUT2D eigenvalue weighted by atomic mass is 16.5. The molecule has 0 atom stereocenters. The van der Waals surface area contributed by atoms with Gasteiger partial charge in [-0.05, 0) is 26.0 Å². The minimum Gasteiger partial charge on any atom is -0.462 e. The molecule has 0 saturated heterocycles. The van der Waals surface area contributed by atoms with E-state index >= 15 is 0 Å². The van der Waals surface area contributed by atoms with Gasteiger partial charge in [-0.15, -0.1) is 0 Å². The number of allylic oxidation sites excluding steroid dienone is 1. The van der Waals surface area contributed by atoms with Crippen LogP contribution >= 0.6 is 0 Å². The van der Waals surface area contributed by atoms with E-state index in [1.807, 2.05) is 37.3 Å². The Morgan fingerprint density at radius 2 is 1.96 bits per heavy atom. The first-order valence-corrected chi connectivity index (χ1v) is 8.19. The van der Waals surface area contributed by atoms with Crippen LogP contribution in [0.25, 0.3) is 5.57 Å². The van der Waals surface area contributed by atoms with Crippen molar-refractivity contribution in [2.24, 2.45) is 7.05 Å². The number of ether oxygens (including phenoxy) is 1. The van der Waals surface area contributed by atoms with Gasteiger partial charge >= 0.3 is 5.97 Å². The van der Waals surface area contributed by atoms with Crippen molar-refractivity contribution >= 4 is 11.5 Å². The minimum absolute atomic E-state index is 0.0982. The molecule has 0 fully saturated rings. The Kier molecular flexibility index (Phi) is 4.58. The SMILES string of the molecule is CCOC(=O)C1=C(C)Cc2c1c(C#Cc1ccccc1)cn(C)c2=O. The Hall–Kier alpha value is -3.06. The molecule has 0 amide bonds. The molecule has 1 aromatic carbocycles. The summed E-state index contributed by atoms with van der Waals surface area (Å²) in [5.74, 6) is 5.84. The van der Waals surface area contributed by atoms with Crippen molar-refractivity contribution in [3.05, 3.63) is 74.7 Å². The number of hydrogen-bond donors (Lipinski definition) is 0. The van der Waals surface area contributed by atoms with Crippen molar-refractivity contribution in [2.75, 3.05) is 6.61 Å². The van der Waals surface area contributed by atoms with E-state index in [9.17, 15) is 9.59 Å². The van der Waals surface area contributed by atoms with Gasteiger partial charge in [-0.3, -0.25) is 4.79 Å². The van der Waals surface area contributed by atoms with Crippen LogP contribution in [0, 0.1) is 11.8 Å². The van der Waals surface area contributed by atoms with Gasteiger partial charge in [0.2, 0.25) is 0 Å². The summed E-state index contributed by atoms with van der Waals surface area (Å²) < 4.78 is 6.71. The monoisotopic (exact) mass is 333 g/mol. The maximum atomic E-state index is 12.5. The summed E-state index contributed by atoms with van der Waals surface area (Å²) in [5, 5.41) is 0. The lowest BCUT2D eigenvalue weighted by molar-refractivity contribution is -0.136. The Morgan fingerprint density at radius 1 is 1.24 bits per heavy atom. The van der Waals surface area contributed by atoms with Crippen LogP contribution in [0.4, 0.5) is 0 Å². The van der Waals surface area contributed by atoms with Gasteiger partial charge in [-0.2, -0.15) is 0 Å². The van der Waals surface area contributed by atoms with Crippen LogP contribution in [0.3, 0.4) is 0 Å². The molecule has 1 aliphatic carbocycles. The second kappa shape index (κ2) is 6.82. The van der Waals surface area contributed by atoms with Gasteiger partial charge in [0.05, 0.1) is 12.2 Å². The number of fused-ring (bicyclic) bond motifs is 1. The van der Waals surface area contributed by atoms with Gasteiger partial charge in [-0.25, -0.2) is 4.79 Å². The number of aryl methyl sites for hydroxylation is 1. The number of hydrogen-bond acceptors (Lipinski definition) is 3. The van der Waals surface area contributed by atoms with Crippen LogP contribution in [0.15, 0.2) is 46.9 Å². The normalized spacial score (nSPS) is 12.4. The van der Waals surface area contributed by atoms with E-state index in [0.717, 1.165) is 11.1 Å². The average Bonchev–Trinajstić information content (AvgIpc) is 2.95. The molecule has 0 spiro atoms. The van der Waals surface area contributed by atoms with Crippen molar-refractivity contribution in [3.8, 4) is 11.8 Å². The molecule has 0 bridgehead atoms. The molecular formula is C21H19NO3. The van der Waals surface area contributed by atoms with E-state index in [1.165, 1.54) is 4.57 Å². The molecule has 1 aliphatic rings. The zero-order chi connectivity index (χ0) is 18.0. The van der Waals surface area contributed by atoms with Crippen LogP contribution in [0.1, 0.15) is 36.1 Å². The molecule has 0 unspecified atom stereocenters. The molecule has 4 heteroatoms. The van der Waals surface area contributed by atoms with Crippen LogP contribution in [0.5, 0.6) is 0 Å². The average molecular weight is 333 g/mol. The lowest BCUT2D eigenvalue weighted by Crippen LogP contribution is -2.22. The van der Waals surface area contributed by atoms with Gasteiger partial charge in [0.15, 0.2) is 0 Å². The summed E-state index contributed by atoms with van der Waals surface area (Å²) in [7, 11) is 1.70. The summed E-state index contributed by atoms with van der Waals surface area (Å²) in [6.45, 7) is 3.92. The Morgan fingerprint density at radius 3 is 2.64 bits per heavy atom. The number of carbonyl (C=O) groups is 1. The molecule has 1 heterocycles. The van der Waals surface area contributed by atoms with Crippen molar-refractivity contribution in [2.45, 2.75) is 20.3 Å². The van der Waals surface area contributed by atoms with E-state index in [1.54, 1.807) is 20.2 Å². The number of carbonyl (C=O) groups excluding carboxylic acids is 1. The van der Waals surface area contributed by atoms with Gasteiger partial charge in [0, 0.05) is 41.9 Å². The fourth-order valence-electron chi connectivity index (χ4n) is 3.05.